The molecule has 0 N–H and O–H groups in total. The molecular formula is C15H24N2O3. The van der Waals surface area contributed by atoms with Gasteiger partial charge in [0, 0.05) is 31.8 Å². The van der Waals surface area contributed by atoms with E-state index >= 15 is 0 Å². The Kier molecular flexibility index (Phi) is 3.80. The molecule has 0 spiro atoms. The second-order valence-electron chi connectivity index (χ2n) is 6.81. The van der Waals surface area contributed by atoms with Crippen LogP contribution < -0.4 is 0 Å². The summed E-state index contributed by atoms with van der Waals surface area (Å²) in [5, 5.41) is 0. The number of amides is 2. The molecular weight excluding hydrogens is 256 g/mol. The maximum Gasteiger partial charge on any atom is 0.417 e. The van der Waals surface area contributed by atoms with Crippen molar-refractivity contribution in [2.45, 2.75) is 51.7 Å². The lowest BCUT2D eigenvalue weighted by molar-refractivity contribution is -0.125. The molecule has 1 aliphatic carbocycles. The van der Waals surface area contributed by atoms with Crippen LogP contribution in [0.2, 0.25) is 0 Å². The average Bonchev–Trinajstić information content (AvgIpc) is 2.79. The molecule has 1 saturated carbocycles. The molecule has 1 saturated heterocycles. The number of hydrogen-bond donors (Lipinski definition) is 0. The Bertz CT molecular complexity index is 449. The topological polar surface area (TPSA) is 49.9 Å². The lowest BCUT2D eigenvalue weighted by Gasteiger charge is -2.26. The molecule has 20 heavy (non-hydrogen) atoms. The van der Waals surface area contributed by atoms with Crippen LogP contribution >= 0.6 is 0 Å². The molecule has 0 aromatic rings. The molecule has 1 heterocycles. The number of carbonyl (C=O) groups excluding carboxylic acids is 2. The van der Waals surface area contributed by atoms with E-state index in [1.807, 2.05) is 46.0 Å². The number of imide groups is 1. The van der Waals surface area contributed by atoms with Crippen LogP contribution in [0.15, 0.2) is 11.8 Å². The number of rotatable bonds is 1. The van der Waals surface area contributed by atoms with Crippen LogP contribution in [-0.2, 0) is 9.53 Å². The van der Waals surface area contributed by atoms with Crippen molar-refractivity contribution in [1.29, 1.82) is 0 Å². The molecule has 5 heteroatoms. The van der Waals surface area contributed by atoms with Gasteiger partial charge >= 0.3 is 6.09 Å². The number of carbonyl (C=O) groups is 2. The van der Waals surface area contributed by atoms with Gasteiger partial charge in [0.1, 0.15) is 5.60 Å². The standard InChI is InChI=1S/C15H24N2O3/c1-15(2,3)20-14(19)17-12-8-6-7-10(12)11(13(17)18)9-16(4)5/h9-10,12H,6-8H2,1-5H3/b11-9-. The van der Waals surface area contributed by atoms with E-state index in [-0.39, 0.29) is 17.9 Å². The lowest BCUT2D eigenvalue weighted by atomic mass is 9.99. The van der Waals surface area contributed by atoms with Crippen LogP contribution in [0.5, 0.6) is 0 Å². The van der Waals surface area contributed by atoms with Crippen molar-refractivity contribution in [3.05, 3.63) is 11.8 Å². The van der Waals surface area contributed by atoms with Gasteiger partial charge in [-0.1, -0.05) is 6.42 Å². The monoisotopic (exact) mass is 280 g/mol. The van der Waals surface area contributed by atoms with Gasteiger partial charge in [-0.2, -0.15) is 0 Å². The zero-order chi connectivity index (χ0) is 15.1. The Morgan fingerprint density at radius 1 is 1.35 bits per heavy atom. The fourth-order valence-corrected chi connectivity index (χ4v) is 3.02. The molecule has 112 valence electrons. The summed E-state index contributed by atoms with van der Waals surface area (Å²) in [4.78, 5) is 28.0. The maximum absolute atomic E-state index is 12.5. The highest BCUT2D eigenvalue weighted by molar-refractivity contribution is 6.05. The van der Waals surface area contributed by atoms with Crippen LogP contribution in [0, 0.1) is 5.92 Å². The largest absolute Gasteiger partial charge is 0.443 e. The van der Waals surface area contributed by atoms with Gasteiger partial charge in [-0.25, -0.2) is 9.69 Å². The van der Waals surface area contributed by atoms with Crippen molar-refractivity contribution in [2.24, 2.45) is 5.92 Å². The highest BCUT2D eigenvalue weighted by Crippen LogP contribution is 2.42. The van der Waals surface area contributed by atoms with Crippen molar-refractivity contribution in [3.63, 3.8) is 0 Å². The summed E-state index contributed by atoms with van der Waals surface area (Å²) in [5.74, 6) is -0.0277. The Morgan fingerprint density at radius 2 is 2.00 bits per heavy atom. The summed E-state index contributed by atoms with van der Waals surface area (Å²) < 4.78 is 5.38. The Labute approximate surface area is 120 Å². The van der Waals surface area contributed by atoms with Gasteiger partial charge < -0.3 is 9.64 Å². The number of nitrogens with zero attached hydrogens (tertiary/aromatic N) is 2. The number of ether oxygens (including phenoxy) is 1. The molecule has 5 nitrogen and oxygen atoms in total. The quantitative estimate of drug-likeness (QED) is 0.692. The van der Waals surface area contributed by atoms with Gasteiger partial charge in [-0.3, -0.25) is 4.79 Å². The number of hydrogen-bond acceptors (Lipinski definition) is 4. The van der Waals surface area contributed by atoms with Gasteiger partial charge in [-0.15, -0.1) is 0 Å². The molecule has 2 fully saturated rings. The Balaban J connectivity index is 2.26. The van der Waals surface area contributed by atoms with Crippen LogP contribution in [0.1, 0.15) is 40.0 Å². The first-order valence-corrected chi connectivity index (χ1v) is 7.15. The number of likely N-dealkylation sites (tertiary alicyclic amines) is 1. The molecule has 0 aromatic carbocycles. The average molecular weight is 280 g/mol. The van der Waals surface area contributed by atoms with Crippen molar-refractivity contribution >= 4 is 12.0 Å². The van der Waals surface area contributed by atoms with E-state index in [4.69, 9.17) is 4.74 Å². The molecule has 0 bridgehead atoms. The van der Waals surface area contributed by atoms with Gasteiger partial charge in [0.15, 0.2) is 0 Å². The molecule has 0 radical (unpaired) electrons. The summed E-state index contributed by atoms with van der Waals surface area (Å²) in [7, 11) is 3.78. The summed E-state index contributed by atoms with van der Waals surface area (Å²) in [6.07, 6.45) is 4.22. The van der Waals surface area contributed by atoms with Crippen LogP contribution in [0.4, 0.5) is 4.79 Å². The minimum absolute atomic E-state index is 0.0245. The fraction of sp³-hybridized carbons (Fsp3) is 0.733. The van der Waals surface area contributed by atoms with Crippen molar-refractivity contribution in [1.82, 2.24) is 9.80 Å². The lowest BCUT2D eigenvalue weighted by Crippen LogP contribution is -2.42. The highest BCUT2D eigenvalue weighted by Gasteiger charge is 2.50. The first-order valence-electron chi connectivity index (χ1n) is 7.15. The molecule has 1 aliphatic heterocycles. The van der Waals surface area contributed by atoms with Gasteiger partial charge in [0.2, 0.25) is 0 Å². The van der Waals surface area contributed by atoms with E-state index in [1.54, 1.807) is 0 Å². The van der Waals surface area contributed by atoms with E-state index in [0.29, 0.717) is 0 Å². The summed E-state index contributed by atoms with van der Waals surface area (Å²) in [6, 6.07) is -0.0245. The minimum atomic E-state index is -0.584. The van der Waals surface area contributed by atoms with E-state index in [1.165, 1.54) is 4.90 Å². The van der Waals surface area contributed by atoms with E-state index in [9.17, 15) is 9.59 Å². The van der Waals surface area contributed by atoms with Gasteiger partial charge in [-0.05, 0) is 33.6 Å². The maximum atomic E-state index is 12.5. The fourth-order valence-electron chi connectivity index (χ4n) is 3.02. The van der Waals surface area contributed by atoms with Crippen molar-refractivity contribution < 1.29 is 14.3 Å². The molecule has 2 amide bonds. The minimum Gasteiger partial charge on any atom is -0.443 e. The third kappa shape index (κ3) is 2.81. The smallest absolute Gasteiger partial charge is 0.417 e. The SMILES string of the molecule is CN(C)/C=C1\C(=O)N(C(=O)OC(C)(C)C)C2CCCC12. The third-order valence-corrected chi connectivity index (χ3v) is 3.66. The predicted molar refractivity (Wildman–Crippen MR) is 76.0 cm³/mol. The first-order chi connectivity index (χ1) is 9.20. The molecule has 2 rings (SSSR count). The van der Waals surface area contributed by atoms with Gasteiger partial charge in [0.05, 0.1) is 6.04 Å². The molecule has 2 unspecified atom stereocenters. The van der Waals surface area contributed by atoms with E-state index in [2.05, 4.69) is 0 Å². The normalized spacial score (nSPS) is 27.9. The summed E-state index contributed by atoms with van der Waals surface area (Å²) in [6.45, 7) is 5.44. The van der Waals surface area contributed by atoms with Crippen LogP contribution in [0.25, 0.3) is 0 Å². The van der Waals surface area contributed by atoms with Crippen molar-refractivity contribution in [2.75, 3.05) is 14.1 Å². The van der Waals surface area contributed by atoms with E-state index < -0.39 is 11.7 Å². The number of fused-ring (bicyclic) bond motifs is 1. The highest BCUT2D eigenvalue weighted by atomic mass is 16.6. The van der Waals surface area contributed by atoms with Gasteiger partial charge in [0.25, 0.3) is 5.91 Å². The van der Waals surface area contributed by atoms with Crippen LogP contribution in [-0.4, -0.2) is 47.5 Å². The molecule has 2 aliphatic rings. The second kappa shape index (κ2) is 5.11. The zero-order valence-electron chi connectivity index (χ0n) is 13.0. The predicted octanol–water partition coefficient (Wildman–Crippen LogP) is 2.38. The summed E-state index contributed by atoms with van der Waals surface area (Å²) in [5.41, 5.74) is 0.155. The molecule has 2 atom stereocenters. The Hall–Kier alpha value is -1.52. The second-order valence-corrected chi connectivity index (χ2v) is 6.81. The molecule has 0 aromatic heterocycles. The van der Waals surface area contributed by atoms with Crippen LogP contribution in [0.3, 0.4) is 0 Å². The van der Waals surface area contributed by atoms with Crippen molar-refractivity contribution in [3.8, 4) is 0 Å². The first kappa shape index (κ1) is 14.9. The summed E-state index contributed by atoms with van der Waals surface area (Å²) >= 11 is 0. The van der Waals surface area contributed by atoms with E-state index in [0.717, 1.165) is 24.8 Å². The Morgan fingerprint density at radius 3 is 2.55 bits per heavy atom. The third-order valence-electron chi connectivity index (χ3n) is 3.66. The zero-order valence-corrected chi connectivity index (χ0v) is 13.0.